The van der Waals surface area contributed by atoms with Crippen LogP contribution in [0.4, 0.5) is 17.1 Å². The van der Waals surface area contributed by atoms with Gasteiger partial charge in [-0.3, -0.25) is 9.98 Å². The van der Waals surface area contributed by atoms with Crippen molar-refractivity contribution in [1.29, 1.82) is 0 Å². The van der Waals surface area contributed by atoms with Crippen LogP contribution in [0.2, 0.25) is 0 Å². The quantitative estimate of drug-likeness (QED) is 0.465. The van der Waals surface area contributed by atoms with Crippen LogP contribution in [0.25, 0.3) is 11.1 Å². The Balaban J connectivity index is 1.84. The second-order valence-electron chi connectivity index (χ2n) is 4.93. The van der Waals surface area contributed by atoms with Gasteiger partial charge < -0.3 is 0 Å². The molecule has 0 N–H and O–H groups in total. The molecule has 2 aliphatic rings. The fourth-order valence-corrected chi connectivity index (χ4v) is 2.41. The molecule has 0 unspecified atom stereocenters. The summed E-state index contributed by atoms with van der Waals surface area (Å²) >= 11 is 0. The lowest BCUT2D eigenvalue weighted by molar-refractivity contribution is 1.22. The average molecular weight is 284 g/mol. The Morgan fingerprint density at radius 3 is 2.55 bits per heavy atom. The van der Waals surface area contributed by atoms with Crippen LogP contribution in [0.1, 0.15) is 5.69 Å². The SMILES string of the molecule is C(=Nc1cccc2c1-c1ccc(cc1)N=N2)c1ccccn1. The van der Waals surface area contributed by atoms with Crippen molar-refractivity contribution in [3.63, 3.8) is 0 Å². The molecule has 0 saturated carbocycles. The number of aromatic nitrogens is 1. The number of hydrogen-bond acceptors (Lipinski definition) is 4. The van der Waals surface area contributed by atoms with Crippen molar-refractivity contribution >= 4 is 23.3 Å². The Hall–Kier alpha value is -3.14. The highest BCUT2D eigenvalue weighted by molar-refractivity contribution is 5.90. The van der Waals surface area contributed by atoms with Gasteiger partial charge in [-0.25, -0.2) is 0 Å². The summed E-state index contributed by atoms with van der Waals surface area (Å²) in [6.45, 7) is 0. The lowest BCUT2D eigenvalue weighted by Crippen LogP contribution is -1.86. The molecule has 2 aromatic carbocycles. The summed E-state index contributed by atoms with van der Waals surface area (Å²) in [5.41, 5.74) is 5.45. The van der Waals surface area contributed by atoms with Crippen LogP contribution in [0, 0.1) is 0 Å². The lowest BCUT2D eigenvalue weighted by Gasteiger charge is -2.11. The predicted molar refractivity (Wildman–Crippen MR) is 87.5 cm³/mol. The number of fused-ring (bicyclic) bond motifs is 2. The Morgan fingerprint density at radius 2 is 1.73 bits per heavy atom. The zero-order chi connectivity index (χ0) is 14.8. The third-order valence-corrected chi connectivity index (χ3v) is 3.47. The van der Waals surface area contributed by atoms with Crippen LogP contribution >= 0.6 is 0 Å². The zero-order valence-electron chi connectivity index (χ0n) is 11.7. The number of azo groups is 1. The van der Waals surface area contributed by atoms with E-state index in [0.29, 0.717) is 0 Å². The number of aliphatic imine (C=N–C) groups is 1. The second kappa shape index (κ2) is 5.33. The minimum absolute atomic E-state index is 0.822. The standard InChI is InChI=1S/C18H12N4/c1-2-11-19-15(4-1)12-20-16-5-3-6-17-18(16)13-7-9-14(10-8-13)21-22-17/h1-12H. The summed E-state index contributed by atoms with van der Waals surface area (Å²) in [5, 5.41) is 8.55. The van der Waals surface area contributed by atoms with Crippen LogP contribution in [0.15, 0.2) is 82.1 Å². The van der Waals surface area contributed by atoms with E-state index in [1.54, 1.807) is 12.4 Å². The van der Waals surface area contributed by atoms with Gasteiger partial charge in [-0.2, -0.15) is 5.11 Å². The van der Waals surface area contributed by atoms with Gasteiger partial charge in [-0.05, 0) is 42.0 Å². The third-order valence-electron chi connectivity index (χ3n) is 3.47. The Bertz CT molecular complexity index is 865. The topological polar surface area (TPSA) is 50.0 Å². The van der Waals surface area contributed by atoms with Crippen LogP contribution in [0.3, 0.4) is 0 Å². The first-order valence-corrected chi connectivity index (χ1v) is 7.00. The Labute approximate surface area is 127 Å². The van der Waals surface area contributed by atoms with Crippen LogP contribution in [-0.4, -0.2) is 11.2 Å². The summed E-state index contributed by atoms with van der Waals surface area (Å²) in [7, 11) is 0. The van der Waals surface area contributed by atoms with Gasteiger partial charge in [-0.15, -0.1) is 5.11 Å². The maximum absolute atomic E-state index is 4.59. The largest absolute Gasteiger partial charge is 0.255 e. The van der Waals surface area contributed by atoms with Crippen molar-refractivity contribution in [3.05, 3.63) is 72.6 Å². The summed E-state index contributed by atoms with van der Waals surface area (Å²) in [4.78, 5) is 8.85. The Morgan fingerprint density at radius 1 is 0.818 bits per heavy atom. The fraction of sp³-hybridized carbons (Fsp3) is 0. The molecule has 1 aromatic heterocycles. The summed E-state index contributed by atoms with van der Waals surface area (Å²) in [6, 6.07) is 19.6. The first-order chi connectivity index (χ1) is 10.9. The molecule has 4 heteroatoms. The highest BCUT2D eigenvalue weighted by Gasteiger charge is 2.12. The molecule has 0 atom stereocenters. The van der Waals surface area contributed by atoms with Crippen LogP contribution in [-0.2, 0) is 0 Å². The van der Waals surface area contributed by atoms with Gasteiger partial charge in [0.25, 0.3) is 0 Å². The van der Waals surface area contributed by atoms with Crippen molar-refractivity contribution in [2.75, 3.05) is 0 Å². The molecule has 3 heterocycles. The van der Waals surface area contributed by atoms with Gasteiger partial charge in [0, 0.05) is 11.8 Å². The molecule has 0 radical (unpaired) electrons. The minimum Gasteiger partial charge on any atom is -0.255 e. The molecular weight excluding hydrogens is 272 g/mol. The van der Waals surface area contributed by atoms with E-state index in [0.717, 1.165) is 33.9 Å². The number of hydrogen-bond donors (Lipinski definition) is 0. The zero-order valence-corrected chi connectivity index (χ0v) is 11.7. The van der Waals surface area contributed by atoms with Crippen molar-refractivity contribution in [2.45, 2.75) is 0 Å². The lowest BCUT2D eigenvalue weighted by atomic mass is 10.0. The van der Waals surface area contributed by atoms with Gasteiger partial charge in [0.05, 0.1) is 29.0 Å². The molecule has 2 aliphatic heterocycles. The first-order valence-electron chi connectivity index (χ1n) is 7.00. The smallest absolute Gasteiger partial charge is 0.0957 e. The van der Waals surface area contributed by atoms with E-state index in [-0.39, 0.29) is 0 Å². The highest BCUT2D eigenvalue weighted by Crippen LogP contribution is 2.41. The molecular formula is C18H12N4. The summed E-state index contributed by atoms with van der Waals surface area (Å²) in [5.74, 6) is 0. The molecule has 0 saturated heterocycles. The third kappa shape index (κ3) is 2.31. The molecule has 2 bridgehead atoms. The summed E-state index contributed by atoms with van der Waals surface area (Å²) < 4.78 is 0. The molecule has 22 heavy (non-hydrogen) atoms. The van der Waals surface area contributed by atoms with Crippen LogP contribution in [0.5, 0.6) is 0 Å². The number of nitrogens with zero attached hydrogens (tertiary/aromatic N) is 4. The molecule has 0 fully saturated rings. The van der Waals surface area contributed by atoms with Crippen molar-refractivity contribution in [1.82, 2.24) is 4.98 Å². The molecule has 4 nitrogen and oxygen atoms in total. The number of pyridine rings is 1. The van der Waals surface area contributed by atoms with E-state index in [1.807, 2.05) is 60.7 Å². The van der Waals surface area contributed by atoms with E-state index in [4.69, 9.17) is 0 Å². The fourth-order valence-electron chi connectivity index (χ4n) is 2.41. The van der Waals surface area contributed by atoms with Gasteiger partial charge >= 0.3 is 0 Å². The van der Waals surface area contributed by atoms with Crippen molar-refractivity contribution in [2.24, 2.45) is 15.2 Å². The molecule has 0 spiro atoms. The van der Waals surface area contributed by atoms with Gasteiger partial charge in [0.1, 0.15) is 0 Å². The highest BCUT2D eigenvalue weighted by atomic mass is 15.1. The van der Waals surface area contributed by atoms with E-state index in [9.17, 15) is 0 Å². The van der Waals surface area contributed by atoms with Gasteiger partial charge in [0.2, 0.25) is 0 Å². The molecule has 3 aromatic rings. The normalized spacial score (nSPS) is 12.2. The van der Waals surface area contributed by atoms with Crippen molar-refractivity contribution in [3.8, 4) is 11.1 Å². The number of benzene rings is 2. The maximum Gasteiger partial charge on any atom is 0.0957 e. The second-order valence-corrected chi connectivity index (χ2v) is 4.93. The van der Waals surface area contributed by atoms with Gasteiger partial charge in [0.15, 0.2) is 0 Å². The first kappa shape index (κ1) is 12.6. The van der Waals surface area contributed by atoms with Gasteiger partial charge in [-0.1, -0.05) is 24.3 Å². The van der Waals surface area contributed by atoms with Crippen LogP contribution < -0.4 is 0 Å². The predicted octanol–water partition coefficient (Wildman–Crippen LogP) is 5.23. The van der Waals surface area contributed by atoms with E-state index in [2.05, 4.69) is 20.2 Å². The average Bonchev–Trinajstić information content (AvgIpc) is 2.56. The monoisotopic (exact) mass is 284 g/mol. The molecule has 0 amide bonds. The van der Waals surface area contributed by atoms with E-state index >= 15 is 0 Å². The maximum atomic E-state index is 4.59. The number of rotatable bonds is 2. The Kier molecular flexibility index (Phi) is 3.05. The van der Waals surface area contributed by atoms with E-state index in [1.165, 1.54) is 0 Å². The molecule has 5 rings (SSSR count). The minimum atomic E-state index is 0.822. The summed E-state index contributed by atoms with van der Waals surface area (Å²) in [6.07, 6.45) is 3.52. The molecule has 0 aliphatic carbocycles. The molecule has 104 valence electrons. The van der Waals surface area contributed by atoms with Crippen molar-refractivity contribution < 1.29 is 0 Å². The van der Waals surface area contributed by atoms with E-state index < -0.39 is 0 Å².